The fourth-order valence-electron chi connectivity index (χ4n) is 1.84. The average Bonchev–Trinajstić information content (AvgIpc) is 2.38. The van der Waals surface area contributed by atoms with Crippen molar-refractivity contribution in [3.05, 3.63) is 17.9 Å². The zero-order valence-corrected chi connectivity index (χ0v) is 12.8. The van der Waals surface area contributed by atoms with Crippen molar-refractivity contribution < 1.29 is 17.5 Å². The molecule has 0 fully saturated rings. The van der Waals surface area contributed by atoms with E-state index < -0.39 is 15.8 Å². The molecule has 20 heavy (non-hydrogen) atoms. The molecule has 0 radical (unpaired) electrons. The maximum atomic E-state index is 13.7. The van der Waals surface area contributed by atoms with Crippen LogP contribution in [0.3, 0.4) is 0 Å². The van der Waals surface area contributed by atoms with Crippen LogP contribution in [0, 0.1) is 5.82 Å². The SMILES string of the molecule is CCCCCN(C)S(=O)(=O)c1cc(N)c(OC)c(F)c1. The van der Waals surface area contributed by atoms with Crippen molar-refractivity contribution in [2.24, 2.45) is 0 Å². The van der Waals surface area contributed by atoms with Crippen LogP contribution in [-0.2, 0) is 10.0 Å². The molecule has 0 bridgehead atoms. The molecule has 7 heteroatoms. The number of halogens is 1. The first-order chi connectivity index (χ1) is 9.34. The molecule has 0 aliphatic rings. The van der Waals surface area contributed by atoms with Gasteiger partial charge in [0.25, 0.3) is 0 Å². The van der Waals surface area contributed by atoms with Gasteiger partial charge in [0.2, 0.25) is 10.0 Å². The summed E-state index contributed by atoms with van der Waals surface area (Å²) in [7, 11) is -0.979. The highest BCUT2D eigenvalue weighted by Gasteiger charge is 2.23. The number of methoxy groups -OCH3 is 1. The van der Waals surface area contributed by atoms with Crippen molar-refractivity contribution in [1.29, 1.82) is 0 Å². The number of nitrogens with zero attached hydrogens (tertiary/aromatic N) is 1. The topological polar surface area (TPSA) is 72.6 Å². The summed E-state index contributed by atoms with van der Waals surface area (Å²) in [6.07, 6.45) is 2.71. The zero-order valence-electron chi connectivity index (χ0n) is 12.0. The summed E-state index contributed by atoms with van der Waals surface area (Å²) in [5, 5.41) is 0. The summed E-state index contributed by atoms with van der Waals surface area (Å²) in [5.74, 6) is -0.925. The molecule has 5 nitrogen and oxygen atoms in total. The van der Waals surface area contributed by atoms with E-state index in [1.165, 1.54) is 24.5 Å². The van der Waals surface area contributed by atoms with Crippen molar-refractivity contribution in [3.8, 4) is 5.75 Å². The van der Waals surface area contributed by atoms with Crippen molar-refractivity contribution in [2.75, 3.05) is 26.4 Å². The third-order valence-electron chi connectivity index (χ3n) is 3.03. The van der Waals surface area contributed by atoms with Crippen LogP contribution in [-0.4, -0.2) is 33.4 Å². The van der Waals surface area contributed by atoms with E-state index in [0.717, 1.165) is 25.3 Å². The molecule has 0 unspecified atom stereocenters. The maximum absolute atomic E-state index is 13.7. The van der Waals surface area contributed by atoms with Gasteiger partial charge in [-0.05, 0) is 18.6 Å². The van der Waals surface area contributed by atoms with E-state index in [-0.39, 0.29) is 16.3 Å². The van der Waals surface area contributed by atoms with Gasteiger partial charge in [0.1, 0.15) is 0 Å². The van der Waals surface area contributed by atoms with Gasteiger partial charge in [-0.3, -0.25) is 0 Å². The van der Waals surface area contributed by atoms with Crippen LogP contribution in [0.4, 0.5) is 10.1 Å². The van der Waals surface area contributed by atoms with Crippen molar-refractivity contribution >= 4 is 15.7 Å². The molecular formula is C13H21FN2O3S. The Kier molecular flexibility index (Phi) is 5.76. The molecule has 2 N–H and O–H groups in total. The van der Waals surface area contributed by atoms with Gasteiger partial charge in [0.05, 0.1) is 17.7 Å². The molecule has 114 valence electrons. The molecular weight excluding hydrogens is 283 g/mol. The van der Waals surface area contributed by atoms with Gasteiger partial charge in [-0.25, -0.2) is 17.1 Å². The minimum atomic E-state index is -3.73. The van der Waals surface area contributed by atoms with Crippen LogP contribution < -0.4 is 10.5 Å². The number of nitrogens with two attached hydrogens (primary N) is 1. The van der Waals surface area contributed by atoms with Gasteiger partial charge >= 0.3 is 0 Å². The fourth-order valence-corrected chi connectivity index (χ4v) is 3.10. The van der Waals surface area contributed by atoms with Gasteiger partial charge in [-0.15, -0.1) is 0 Å². The number of nitrogen functional groups attached to an aromatic ring is 1. The molecule has 0 aliphatic heterocycles. The number of unbranched alkanes of at least 4 members (excludes halogenated alkanes) is 2. The molecule has 1 aromatic carbocycles. The van der Waals surface area contributed by atoms with Gasteiger partial charge in [0.15, 0.2) is 11.6 Å². The summed E-state index contributed by atoms with van der Waals surface area (Å²) >= 11 is 0. The fraction of sp³-hybridized carbons (Fsp3) is 0.538. The summed E-state index contributed by atoms with van der Waals surface area (Å²) in [5.41, 5.74) is 5.57. The second-order valence-electron chi connectivity index (χ2n) is 4.56. The minimum absolute atomic E-state index is 0.0342. The lowest BCUT2D eigenvalue weighted by atomic mass is 10.2. The lowest BCUT2D eigenvalue weighted by molar-refractivity contribution is 0.387. The van der Waals surface area contributed by atoms with E-state index in [1.54, 1.807) is 0 Å². The van der Waals surface area contributed by atoms with E-state index in [1.807, 2.05) is 6.92 Å². The Bertz CT molecular complexity index is 538. The number of hydrogen-bond acceptors (Lipinski definition) is 4. The quantitative estimate of drug-likeness (QED) is 0.619. The second kappa shape index (κ2) is 6.90. The zero-order chi connectivity index (χ0) is 15.3. The van der Waals surface area contributed by atoms with Gasteiger partial charge in [0, 0.05) is 13.6 Å². The van der Waals surface area contributed by atoms with Gasteiger partial charge in [-0.2, -0.15) is 0 Å². The average molecular weight is 304 g/mol. The van der Waals surface area contributed by atoms with E-state index in [2.05, 4.69) is 0 Å². The van der Waals surface area contributed by atoms with Crippen molar-refractivity contribution in [3.63, 3.8) is 0 Å². The number of hydrogen-bond donors (Lipinski definition) is 1. The Morgan fingerprint density at radius 2 is 2.00 bits per heavy atom. The molecule has 0 spiro atoms. The molecule has 1 rings (SSSR count). The number of rotatable bonds is 7. The third kappa shape index (κ3) is 3.61. The van der Waals surface area contributed by atoms with E-state index in [4.69, 9.17) is 10.5 Å². The van der Waals surface area contributed by atoms with Crippen LogP contribution >= 0.6 is 0 Å². The summed E-state index contributed by atoms with van der Waals surface area (Å²) in [6.45, 7) is 2.43. The molecule has 0 atom stereocenters. The maximum Gasteiger partial charge on any atom is 0.242 e. The number of sulfonamides is 1. The molecule has 1 aromatic rings. The predicted molar refractivity (Wildman–Crippen MR) is 76.7 cm³/mol. The van der Waals surface area contributed by atoms with Crippen LogP contribution in [0.2, 0.25) is 0 Å². The first-order valence-electron chi connectivity index (χ1n) is 6.44. The van der Waals surface area contributed by atoms with Crippen LogP contribution in [0.15, 0.2) is 17.0 Å². The van der Waals surface area contributed by atoms with Crippen LogP contribution in [0.1, 0.15) is 26.2 Å². The summed E-state index contributed by atoms with van der Waals surface area (Å²) in [4.78, 5) is -0.160. The highest BCUT2D eigenvalue weighted by molar-refractivity contribution is 7.89. The van der Waals surface area contributed by atoms with Crippen LogP contribution in [0.25, 0.3) is 0 Å². The first-order valence-corrected chi connectivity index (χ1v) is 7.88. The minimum Gasteiger partial charge on any atom is -0.492 e. The third-order valence-corrected chi connectivity index (χ3v) is 4.87. The summed E-state index contributed by atoms with van der Waals surface area (Å²) in [6, 6.07) is 2.15. The lowest BCUT2D eigenvalue weighted by Crippen LogP contribution is -2.28. The Labute approximate surface area is 119 Å². The van der Waals surface area contributed by atoms with Gasteiger partial charge in [-0.1, -0.05) is 19.8 Å². The normalized spacial score (nSPS) is 11.8. The molecule has 0 amide bonds. The monoisotopic (exact) mass is 304 g/mol. The molecule has 0 saturated carbocycles. The largest absolute Gasteiger partial charge is 0.492 e. The number of anilines is 1. The molecule has 0 saturated heterocycles. The summed E-state index contributed by atoms with van der Waals surface area (Å²) < 4.78 is 44.3. The van der Waals surface area contributed by atoms with E-state index in [9.17, 15) is 12.8 Å². The number of ether oxygens (including phenoxy) is 1. The van der Waals surface area contributed by atoms with Crippen molar-refractivity contribution in [1.82, 2.24) is 4.31 Å². The second-order valence-corrected chi connectivity index (χ2v) is 6.61. The Balaban J connectivity index is 3.04. The Morgan fingerprint density at radius 1 is 1.35 bits per heavy atom. The van der Waals surface area contributed by atoms with Gasteiger partial charge < -0.3 is 10.5 Å². The van der Waals surface area contributed by atoms with Crippen molar-refractivity contribution in [2.45, 2.75) is 31.1 Å². The Hall–Kier alpha value is -1.34. The van der Waals surface area contributed by atoms with Crippen LogP contribution in [0.5, 0.6) is 5.75 Å². The van der Waals surface area contributed by atoms with E-state index in [0.29, 0.717) is 6.54 Å². The lowest BCUT2D eigenvalue weighted by Gasteiger charge is -2.18. The molecule has 0 heterocycles. The highest BCUT2D eigenvalue weighted by Crippen LogP contribution is 2.29. The van der Waals surface area contributed by atoms with E-state index >= 15 is 0 Å². The highest BCUT2D eigenvalue weighted by atomic mass is 32.2. The predicted octanol–water partition coefficient (Wildman–Crippen LogP) is 2.23. The molecule has 0 aromatic heterocycles. The Morgan fingerprint density at radius 3 is 2.50 bits per heavy atom. The smallest absolute Gasteiger partial charge is 0.242 e. The number of benzene rings is 1. The molecule has 0 aliphatic carbocycles. The standard InChI is InChI=1S/C13H21FN2O3S/c1-4-5-6-7-16(2)20(17,18)10-8-11(14)13(19-3)12(15)9-10/h8-9H,4-7,15H2,1-3H3. The first kappa shape index (κ1) is 16.7.